The van der Waals surface area contributed by atoms with Crippen LogP contribution in [0.5, 0.6) is 0 Å². The Morgan fingerprint density at radius 2 is 1.94 bits per heavy atom. The zero-order valence-electron chi connectivity index (χ0n) is 9.20. The maximum Gasteiger partial charge on any atom is 0.259 e. The van der Waals surface area contributed by atoms with Crippen molar-refractivity contribution in [2.45, 2.75) is 0 Å². The fourth-order valence-electron chi connectivity index (χ4n) is 1.60. The predicted molar refractivity (Wildman–Crippen MR) is 69.6 cm³/mol. The van der Waals surface area contributed by atoms with Crippen molar-refractivity contribution in [3.05, 3.63) is 47.7 Å². The van der Waals surface area contributed by atoms with E-state index in [1.54, 1.807) is 30.0 Å². The van der Waals surface area contributed by atoms with Gasteiger partial charge in [0.05, 0.1) is 21.3 Å². The van der Waals surface area contributed by atoms with Gasteiger partial charge in [0.15, 0.2) is 0 Å². The van der Waals surface area contributed by atoms with Crippen LogP contribution in [0.2, 0.25) is 0 Å². The molecule has 0 fully saturated rings. The number of benzene rings is 1. The van der Waals surface area contributed by atoms with Crippen LogP contribution in [0, 0.1) is 0 Å². The molecule has 0 atom stereocenters. The molecular formula is C12H8N4OS. The Bertz CT molecular complexity index is 695. The Morgan fingerprint density at radius 1 is 1.11 bits per heavy atom. The number of rotatable bonds is 2. The van der Waals surface area contributed by atoms with Gasteiger partial charge in [-0.3, -0.25) is 10.1 Å². The molecule has 2 aromatic heterocycles. The Kier molecular flexibility index (Phi) is 2.70. The van der Waals surface area contributed by atoms with Crippen LogP contribution in [0.1, 0.15) is 10.4 Å². The highest BCUT2D eigenvalue weighted by Crippen LogP contribution is 2.22. The number of fused-ring (bicyclic) bond motifs is 1. The summed E-state index contributed by atoms with van der Waals surface area (Å²) in [7, 11) is 0. The van der Waals surface area contributed by atoms with Crippen LogP contribution in [0.3, 0.4) is 0 Å². The van der Waals surface area contributed by atoms with Gasteiger partial charge >= 0.3 is 0 Å². The molecule has 2 heterocycles. The molecule has 6 heteroatoms. The van der Waals surface area contributed by atoms with E-state index in [9.17, 15) is 4.79 Å². The van der Waals surface area contributed by atoms with Crippen molar-refractivity contribution in [3.63, 3.8) is 0 Å². The van der Waals surface area contributed by atoms with Crippen LogP contribution in [0.4, 0.5) is 5.95 Å². The molecule has 0 saturated heterocycles. The Morgan fingerprint density at radius 3 is 2.78 bits per heavy atom. The molecule has 5 nitrogen and oxygen atoms in total. The maximum atomic E-state index is 12.1. The van der Waals surface area contributed by atoms with E-state index < -0.39 is 0 Å². The number of amides is 1. The van der Waals surface area contributed by atoms with Crippen molar-refractivity contribution in [3.8, 4) is 0 Å². The van der Waals surface area contributed by atoms with Gasteiger partial charge in [-0.05, 0) is 18.2 Å². The maximum absolute atomic E-state index is 12.1. The summed E-state index contributed by atoms with van der Waals surface area (Å²) in [5.74, 6) is 0.0695. The highest BCUT2D eigenvalue weighted by molar-refractivity contribution is 7.17. The molecule has 1 amide bonds. The van der Waals surface area contributed by atoms with E-state index in [1.165, 1.54) is 11.3 Å². The molecule has 0 spiro atoms. The summed E-state index contributed by atoms with van der Waals surface area (Å²) < 4.78 is 0.867. The van der Waals surface area contributed by atoms with Gasteiger partial charge < -0.3 is 0 Å². The second kappa shape index (κ2) is 4.50. The highest BCUT2D eigenvalue weighted by atomic mass is 32.1. The molecule has 18 heavy (non-hydrogen) atoms. The first-order chi connectivity index (χ1) is 8.84. The van der Waals surface area contributed by atoms with E-state index in [2.05, 4.69) is 20.3 Å². The number of aromatic nitrogens is 3. The zero-order chi connectivity index (χ0) is 12.4. The summed E-state index contributed by atoms with van der Waals surface area (Å²) in [5.41, 5.74) is 3.13. The average Bonchev–Trinajstić information content (AvgIpc) is 2.87. The highest BCUT2D eigenvalue weighted by Gasteiger charge is 2.12. The van der Waals surface area contributed by atoms with Gasteiger partial charge in [0.1, 0.15) is 0 Å². The van der Waals surface area contributed by atoms with Crippen molar-refractivity contribution in [1.82, 2.24) is 15.0 Å². The zero-order valence-corrected chi connectivity index (χ0v) is 10.0. The van der Waals surface area contributed by atoms with E-state index in [0.717, 1.165) is 10.2 Å². The SMILES string of the molecule is O=C(Nc1ncccn1)c1cccc2ncsc12. The van der Waals surface area contributed by atoms with Crippen LogP contribution in [-0.2, 0) is 0 Å². The van der Waals surface area contributed by atoms with Gasteiger partial charge in [-0.1, -0.05) is 6.07 Å². The van der Waals surface area contributed by atoms with Gasteiger partial charge in [0.2, 0.25) is 5.95 Å². The minimum absolute atomic E-state index is 0.226. The molecule has 0 aliphatic heterocycles. The van der Waals surface area contributed by atoms with Gasteiger partial charge in [-0.25, -0.2) is 15.0 Å². The van der Waals surface area contributed by atoms with Crippen molar-refractivity contribution >= 4 is 33.4 Å². The number of nitrogens with zero attached hydrogens (tertiary/aromatic N) is 3. The fourth-order valence-corrected chi connectivity index (χ4v) is 2.40. The number of carbonyl (C=O) groups is 1. The third-order valence-corrected chi connectivity index (χ3v) is 3.27. The smallest absolute Gasteiger partial charge is 0.259 e. The van der Waals surface area contributed by atoms with E-state index in [4.69, 9.17) is 0 Å². The lowest BCUT2D eigenvalue weighted by Gasteiger charge is -2.03. The molecule has 0 radical (unpaired) electrons. The van der Waals surface area contributed by atoms with Crippen LogP contribution in [0.15, 0.2) is 42.2 Å². The Balaban J connectivity index is 1.95. The first-order valence-electron chi connectivity index (χ1n) is 5.25. The molecular weight excluding hydrogens is 248 g/mol. The molecule has 3 aromatic rings. The molecule has 0 aliphatic rings. The van der Waals surface area contributed by atoms with Gasteiger partial charge in [-0.15, -0.1) is 11.3 Å². The molecule has 1 N–H and O–H groups in total. The molecule has 3 rings (SSSR count). The average molecular weight is 256 g/mol. The van der Waals surface area contributed by atoms with Gasteiger partial charge in [0.25, 0.3) is 5.91 Å². The van der Waals surface area contributed by atoms with Gasteiger partial charge in [0, 0.05) is 12.4 Å². The summed E-state index contributed by atoms with van der Waals surface area (Å²) in [6.45, 7) is 0. The molecule has 88 valence electrons. The minimum atomic E-state index is -0.226. The summed E-state index contributed by atoms with van der Waals surface area (Å²) in [6, 6.07) is 7.14. The number of anilines is 1. The fraction of sp³-hybridized carbons (Fsp3) is 0. The van der Waals surface area contributed by atoms with Crippen molar-refractivity contribution in [1.29, 1.82) is 0 Å². The monoisotopic (exact) mass is 256 g/mol. The lowest BCUT2D eigenvalue weighted by Crippen LogP contribution is -2.13. The van der Waals surface area contributed by atoms with Gasteiger partial charge in [-0.2, -0.15) is 0 Å². The minimum Gasteiger partial charge on any atom is -0.290 e. The molecule has 1 aromatic carbocycles. The largest absolute Gasteiger partial charge is 0.290 e. The third kappa shape index (κ3) is 1.93. The van der Waals surface area contributed by atoms with E-state index in [1.807, 2.05) is 12.1 Å². The van der Waals surface area contributed by atoms with Crippen molar-refractivity contribution in [2.24, 2.45) is 0 Å². The van der Waals surface area contributed by atoms with E-state index >= 15 is 0 Å². The predicted octanol–water partition coefficient (Wildman–Crippen LogP) is 2.34. The summed E-state index contributed by atoms with van der Waals surface area (Å²) in [6.07, 6.45) is 3.16. The summed E-state index contributed by atoms with van der Waals surface area (Å²) in [5, 5.41) is 2.66. The van der Waals surface area contributed by atoms with E-state index in [0.29, 0.717) is 11.5 Å². The standard InChI is InChI=1S/C12H8N4OS/c17-11(16-12-13-5-2-6-14-12)8-3-1-4-9-10(8)18-7-15-9/h1-7H,(H,13,14,16,17). The first kappa shape index (κ1) is 10.8. The van der Waals surface area contributed by atoms with Crippen LogP contribution in [0.25, 0.3) is 10.2 Å². The summed E-state index contributed by atoms with van der Waals surface area (Å²) in [4.78, 5) is 24.2. The third-order valence-electron chi connectivity index (χ3n) is 2.39. The number of carbonyl (C=O) groups excluding carboxylic acids is 1. The number of hydrogen-bond acceptors (Lipinski definition) is 5. The van der Waals surface area contributed by atoms with Crippen LogP contribution < -0.4 is 5.32 Å². The normalized spacial score (nSPS) is 10.4. The molecule has 0 saturated carbocycles. The van der Waals surface area contributed by atoms with Crippen LogP contribution >= 0.6 is 11.3 Å². The first-order valence-corrected chi connectivity index (χ1v) is 6.13. The number of thiazole rings is 1. The molecule has 0 unspecified atom stereocenters. The molecule has 0 bridgehead atoms. The topological polar surface area (TPSA) is 67.8 Å². The van der Waals surface area contributed by atoms with Crippen LogP contribution in [-0.4, -0.2) is 20.9 Å². The number of nitrogens with one attached hydrogen (secondary N) is 1. The lowest BCUT2D eigenvalue weighted by molar-refractivity contribution is 0.102. The second-order valence-corrected chi connectivity index (χ2v) is 4.39. The summed E-state index contributed by atoms with van der Waals surface area (Å²) >= 11 is 1.44. The van der Waals surface area contributed by atoms with E-state index in [-0.39, 0.29) is 5.91 Å². The number of hydrogen-bond donors (Lipinski definition) is 1. The van der Waals surface area contributed by atoms with Crippen molar-refractivity contribution in [2.75, 3.05) is 5.32 Å². The second-order valence-electron chi connectivity index (χ2n) is 3.53. The quantitative estimate of drug-likeness (QED) is 0.764. The lowest BCUT2D eigenvalue weighted by atomic mass is 10.2. The Hall–Kier alpha value is -2.34. The Labute approximate surface area is 107 Å². The van der Waals surface area contributed by atoms with Crippen molar-refractivity contribution < 1.29 is 4.79 Å². The molecule has 0 aliphatic carbocycles.